The number of aromatic nitrogens is 1. The molecule has 0 unspecified atom stereocenters. The van der Waals surface area contributed by atoms with Gasteiger partial charge in [0.1, 0.15) is 5.82 Å². The maximum atomic E-state index is 5.63. The van der Waals surface area contributed by atoms with Crippen LogP contribution in [-0.2, 0) is 16.7 Å². The second-order valence-electron chi connectivity index (χ2n) is 6.84. The number of hydrogen-bond acceptors (Lipinski definition) is 4. The molecular formula is C17H31N3O. The van der Waals surface area contributed by atoms with Gasteiger partial charge in [-0.1, -0.05) is 20.8 Å². The Morgan fingerprint density at radius 2 is 1.95 bits per heavy atom. The predicted molar refractivity (Wildman–Crippen MR) is 90.1 cm³/mol. The average Bonchev–Trinajstić information content (AvgIpc) is 2.37. The van der Waals surface area contributed by atoms with Gasteiger partial charge in [0.05, 0.1) is 12.7 Å². The quantitative estimate of drug-likeness (QED) is 0.838. The standard InChI is InChI=1S/C17H31N3O/c1-13(2)21-9-8-20(7)16-11-14(12-18-6)10-15(19-16)17(3,4)5/h10-11,13,18H,8-9,12H2,1-7H3. The van der Waals surface area contributed by atoms with Gasteiger partial charge in [0.2, 0.25) is 0 Å². The van der Waals surface area contributed by atoms with E-state index in [2.05, 4.69) is 64.0 Å². The van der Waals surface area contributed by atoms with Crippen molar-refractivity contribution in [3.05, 3.63) is 23.4 Å². The SMILES string of the molecule is CNCc1cc(N(C)CCOC(C)C)nc(C(C)(C)C)c1. The Morgan fingerprint density at radius 3 is 2.48 bits per heavy atom. The third kappa shape index (κ3) is 6.02. The fourth-order valence-electron chi connectivity index (χ4n) is 2.00. The summed E-state index contributed by atoms with van der Waals surface area (Å²) in [5, 5.41) is 3.22. The molecule has 0 saturated carbocycles. The molecule has 0 aromatic carbocycles. The summed E-state index contributed by atoms with van der Waals surface area (Å²) >= 11 is 0. The predicted octanol–water partition coefficient (Wildman–Crippen LogP) is 2.96. The molecule has 4 heteroatoms. The van der Waals surface area contributed by atoms with Crippen LogP contribution in [0.2, 0.25) is 0 Å². The number of ether oxygens (including phenoxy) is 1. The van der Waals surface area contributed by atoms with Crippen molar-refractivity contribution in [3.63, 3.8) is 0 Å². The third-order valence-corrected chi connectivity index (χ3v) is 3.29. The molecule has 1 heterocycles. The first-order valence-electron chi connectivity index (χ1n) is 7.73. The van der Waals surface area contributed by atoms with Crippen LogP contribution < -0.4 is 10.2 Å². The lowest BCUT2D eigenvalue weighted by Gasteiger charge is -2.24. The van der Waals surface area contributed by atoms with Crippen molar-refractivity contribution < 1.29 is 4.74 Å². The fourth-order valence-corrected chi connectivity index (χ4v) is 2.00. The largest absolute Gasteiger partial charge is 0.377 e. The monoisotopic (exact) mass is 293 g/mol. The zero-order chi connectivity index (χ0) is 16.0. The van der Waals surface area contributed by atoms with E-state index in [0.717, 1.165) is 31.2 Å². The number of rotatable bonds is 7. The summed E-state index contributed by atoms with van der Waals surface area (Å²) in [4.78, 5) is 6.99. The first-order chi connectivity index (χ1) is 9.74. The Labute approximate surface area is 129 Å². The normalized spacial score (nSPS) is 12.0. The molecule has 21 heavy (non-hydrogen) atoms. The van der Waals surface area contributed by atoms with Crippen molar-refractivity contribution >= 4 is 5.82 Å². The van der Waals surface area contributed by atoms with Gasteiger partial charge < -0.3 is 15.0 Å². The number of nitrogens with zero attached hydrogens (tertiary/aromatic N) is 2. The molecule has 0 radical (unpaired) electrons. The van der Waals surface area contributed by atoms with Crippen LogP contribution in [0.5, 0.6) is 0 Å². The lowest BCUT2D eigenvalue weighted by atomic mass is 9.90. The Morgan fingerprint density at radius 1 is 1.29 bits per heavy atom. The summed E-state index contributed by atoms with van der Waals surface area (Å²) in [5.74, 6) is 1.01. The molecule has 0 fully saturated rings. The van der Waals surface area contributed by atoms with Crippen molar-refractivity contribution in [1.29, 1.82) is 0 Å². The van der Waals surface area contributed by atoms with Gasteiger partial charge in [0.25, 0.3) is 0 Å². The molecular weight excluding hydrogens is 262 g/mol. The Hall–Kier alpha value is -1.13. The zero-order valence-corrected chi connectivity index (χ0v) is 14.7. The van der Waals surface area contributed by atoms with Gasteiger partial charge in [-0.3, -0.25) is 0 Å². The summed E-state index contributed by atoms with van der Waals surface area (Å²) in [6.45, 7) is 13.1. The molecule has 0 bridgehead atoms. The first-order valence-corrected chi connectivity index (χ1v) is 7.73. The first kappa shape index (κ1) is 17.9. The number of nitrogens with one attached hydrogen (secondary N) is 1. The molecule has 0 aliphatic carbocycles. The van der Waals surface area contributed by atoms with E-state index >= 15 is 0 Å². The second kappa shape index (κ2) is 7.76. The van der Waals surface area contributed by atoms with Crippen molar-refractivity contribution in [2.75, 3.05) is 32.1 Å². The van der Waals surface area contributed by atoms with E-state index in [1.54, 1.807) is 0 Å². The highest BCUT2D eigenvalue weighted by Crippen LogP contribution is 2.24. The highest BCUT2D eigenvalue weighted by molar-refractivity contribution is 5.43. The smallest absolute Gasteiger partial charge is 0.128 e. The minimum atomic E-state index is 0.0494. The Bertz CT molecular complexity index is 438. The Kier molecular flexibility index (Phi) is 6.62. The van der Waals surface area contributed by atoms with Crippen LogP contribution >= 0.6 is 0 Å². The molecule has 0 aliphatic heterocycles. The van der Waals surface area contributed by atoms with Crippen LogP contribution in [0, 0.1) is 0 Å². The van der Waals surface area contributed by atoms with Gasteiger partial charge in [-0.25, -0.2) is 4.98 Å². The van der Waals surface area contributed by atoms with Crippen molar-refractivity contribution in [1.82, 2.24) is 10.3 Å². The Balaban J connectivity index is 2.91. The van der Waals surface area contributed by atoms with Gasteiger partial charge in [0.15, 0.2) is 0 Å². The topological polar surface area (TPSA) is 37.4 Å². The molecule has 0 amide bonds. The second-order valence-corrected chi connectivity index (χ2v) is 6.84. The number of pyridine rings is 1. The van der Waals surface area contributed by atoms with Gasteiger partial charge in [0, 0.05) is 31.2 Å². The minimum Gasteiger partial charge on any atom is -0.377 e. The van der Waals surface area contributed by atoms with Crippen LogP contribution in [0.4, 0.5) is 5.82 Å². The van der Waals surface area contributed by atoms with E-state index in [1.165, 1.54) is 5.56 Å². The van der Waals surface area contributed by atoms with Crippen LogP contribution in [0.1, 0.15) is 45.9 Å². The molecule has 4 nitrogen and oxygen atoms in total. The lowest BCUT2D eigenvalue weighted by molar-refractivity contribution is 0.0845. The van der Waals surface area contributed by atoms with E-state index in [-0.39, 0.29) is 11.5 Å². The van der Waals surface area contributed by atoms with E-state index in [0.29, 0.717) is 0 Å². The number of likely N-dealkylation sites (N-methyl/N-ethyl adjacent to an activating group) is 1. The van der Waals surface area contributed by atoms with E-state index in [4.69, 9.17) is 9.72 Å². The van der Waals surface area contributed by atoms with Crippen LogP contribution in [0.25, 0.3) is 0 Å². The molecule has 0 aliphatic rings. The molecule has 0 spiro atoms. The van der Waals surface area contributed by atoms with Crippen LogP contribution in [0.3, 0.4) is 0 Å². The van der Waals surface area contributed by atoms with Gasteiger partial charge >= 0.3 is 0 Å². The van der Waals surface area contributed by atoms with Crippen molar-refractivity contribution in [2.45, 2.75) is 52.7 Å². The van der Waals surface area contributed by atoms with Gasteiger partial charge in [-0.05, 0) is 38.6 Å². The fraction of sp³-hybridized carbons (Fsp3) is 0.706. The van der Waals surface area contributed by atoms with E-state index in [9.17, 15) is 0 Å². The summed E-state index contributed by atoms with van der Waals surface area (Å²) < 4.78 is 5.63. The van der Waals surface area contributed by atoms with E-state index < -0.39 is 0 Å². The molecule has 120 valence electrons. The maximum Gasteiger partial charge on any atom is 0.128 e. The van der Waals surface area contributed by atoms with E-state index in [1.807, 2.05) is 7.05 Å². The lowest BCUT2D eigenvalue weighted by Crippen LogP contribution is -2.26. The molecule has 1 rings (SSSR count). The molecule has 0 saturated heterocycles. The molecule has 0 atom stereocenters. The zero-order valence-electron chi connectivity index (χ0n) is 14.7. The van der Waals surface area contributed by atoms with Crippen LogP contribution in [0.15, 0.2) is 12.1 Å². The highest BCUT2D eigenvalue weighted by atomic mass is 16.5. The number of hydrogen-bond donors (Lipinski definition) is 1. The van der Waals surface area contributed by atoms with Crippen molar-refractivity contribution in [2.24, 2.45) is 0 Å². The average molecular weight is 293 g/mol. The molecule has 1 N–H and O–H groups in total. The summed E-state index contributed by atoms with van der Waals surface area (Å²) in [6, 6.07) is 4.35. The molecule has 1 aromatic rings. The summed E-state index contributed by atoms with van der Waals surface area (Å²) in [7, 11) is 4.04. The van der Waals surface area contributed by atoms with Gasteiger partial charge in [-0.2, -0.15) is 0 Å². The van der Waals surface area contributed by atoms with Gasteiger partial charge in [-0.15, -0.1) is 0 Å². The van der Waals surface area contributed by atoms with Crippen LogP contribution in [-0.4, -0.2) is 38.3 Å². The molecule has 1 aromatic heterocycles. The summed E-state index contributed by atoms with van der Waals surface area (Å²) in [6.07, 6.45) is 0.270. The third-order valence-electron chi connectivity index (χ3n) is 3.29. The highest BCUT2D eigenvalue weighted by Gasteiger charge is 2.18. The maximum absolute atomic E-state index is 5.63. The van der Waals surface area contributed by atoms with Crippen molar-refractivity contribution in [3.8, 4) is 0 Å². The number of anilines is 1. The minimum absolute atomic E-state index is 0.0494. The summed E-state index contributed by atoms with van der Waals surface area (Å²) in [5.41, 5.74) is 2.44.